The van der Waals surface area contributed by atoms with Crippen molar-refractivity contribution in [2.45, 2.75) is 76.3 Å². The summed E-state index contributed by atoms with van der Waals surface area (Å²) in [5, 5.41) is 19.7. The van der Waals surface area contributed by atoms with E-state index in [1.54, 1.807) is 8.61 Å². The molecule has 0 aromatic carbocycles. The molecule has 0 aromatic heterocycles. The number of nitrogens with zero attached hydrogens (tertiary/aromatic N) is 6. The Kier molecular flexibility index (Phi) is 7.03. The number of hydrogen-bond donors (Lipinski definition) is 0. The highest BCUT2D eigenvalue weighted by Crippen LogP contribution is 2.40. The molecule has 9 heteroatoms. The first-order valence-electron chi connectivity index (χ1n) is 10.5. The van der Waals surface area contributed by atoms with E-state index in [2.05, 4.69) is 12.4 Å². The first kappa shape index (κ1) is 21.6. The van der Waals surface area contributed by atoms with E-state index in [4.69, 9.17) is 0 Å². The van der Waals surface area contributed by atoms with Crippen LogP contribution in [0.25, 0.3) is 0 Å². The number of amides is 2. The summed E-state index contributed by atoms with van der Waals surface area (Å²) in [6.07, 6.45) is 16.2. The Bertz CT molecular complexity index is 598. The maximum atomic E-state index is 13.0. The SMILES string of the molecule is C[N+](C#N)(SN1CCN(S[N+](C)(C#N)C2CCCCC2)C1=O)C1CCCCC1. The number of carbonyl (C=O) groups is 1. The Morgan fingerprint density at radius 2 is 1.14 bits per heavy atom. The van der Waals surface area contributed by atoms with E-state index in [9.17, 15) is 15.3 Å². The van der Waals surface area contributed by atoms with Crippen LogP contribution in [0, 0.1) is 22.9 Å². The van der Waals surface area contributed by atoms with Gasteiger partial charge < -0.3 is 0 Å². The first-order chi connectivity index (χ1) is 13.4. The van der Waals surface area contributed by atoms with E-state index in [0.717, 1.165) is 51.4 Å². The van der Waals surface area contributed by atoms with Gasteiger partial charge in [0.2, 0.25) is 24.3 Å². The topological polar surface area (TPSA) is 71.1 Å². The van der Waals surface area contributed by atoms with Gasteiger partial charge in [0.1, 0.15) is 12.1 Å². The normalized spacial score (nSPS) is 26.4. The summed E-state index contributed by atoms with van der Waals surface area (Å²) in [6.45, 7) is 1.18. The minimum Gasteiger partial charge on any atom is -0.246 e. The average molecular weight is 425 g/mol. The van der Waals surface area contributed by atoms with Crippen LogP contribution in [0.2, 0.25) is 0 Å². The largest absolute Gasteiger partial charge is 0.348 e. The lowest BCUT2D eigenvalue weighted by atomic mass is 9.95. The third-order valence-corrected chi connectivity index (χ3v) is 8.92. The van der Waals surface area contributed by atoms with Crippen LogP contribution in [0.5, 0.6) is 0 Å². The fourth-order valence-corrected chi connectivity index (χ4v) is 6.83. The van der Waals surface area contributed by atoms with E-state index in [0.29, 0.717) is 13.1 Å². The smallest absolute Gasteiger partial charge is 0.246 e. The van der Waals surface area contributed by atoms with Crippen molar-refractivity contribution in [2.75, 3.05) is 27.2 Å². The van der Waals surface area contributed by atoms with Crippen LogP contribution in [-0.4, -0.2) is 61.7 Å². The Hall–Kier alpha value is -1.13. The van der Waals surface area contributed by atoms with Crippen LogP contribution >= 0.6 is 24.3 Å². The van der Waals surface area contributed by atoms with Gasteiger partial charge in [-0.1, -0.05) is 12.8 Å². The second-order valence-corrected chi connectivity index (χ2v) is 11.1. The van der Waals surface area contributed by atoms with Gasteiger partial charge in [-0.25, -0.2) is 13.4 Å². The molecular formula is C19H32N6OS2+2. The van der Waals surface area contributed by atoms with E-state index in [-0.39, 0.29) is 25.9 Å². The lowest BCUT2D eigenvalue weighted by Gasteiger charge is -2.35. The van der Waals surface area contributed by atoms with Crippen LogP contribution < -0.4 is 0 Å². The number of rotatable bonds is 6. The monoisotopic (exact) mass is 424 g/mol. The zero-order chi connectivity index (χ0) is 20.2. The van der Waals surface area contributed by atoms with Crippen LogP contribution in [0.1, 0.15) is 64.2 Å². The summed E-state index contributed by atoms with van der Waals surface area (Å²) in [6, 6.07) is 0.474. The predicted octanol–water partition coefficient (Wildman–Crippen LogP) is 4.37. The van der Waals surface area contributed by atoms with Gasteiger partial charge in [-0.15, -0.1) is 18.3 Å². The molecule has 3 aliphatic rings. The van der Waals surface area contributed by atoms with Crippen LogP contribution in [-0.2, 0) is 0 Å². The molecule has 0 spiro atoms. The highest BCUT2D eigenvalue weighted by molar-refractivity contribution is 7.93. The van der Waals surface area contributed by atoms with Crippen molar-refractivity contribution in [1.82, 2.24) is 8.61 Å². The van der Waals surface area contributed by atoms with Crippen molar-refractivity contribution >= 4 is 30.3 Å². The van der Waals surface area contributed by atoms with Crippen LogP contribution in [0.15, 0.2) is 0 Å². The van der Waals surface area contributed by atoms with E-state index in [1.165, 1.54) is 37.1 Å². The first-order valence-corrected chi connectivity index (χ1v) is 11.9. The molecule has 1 saturated heterocycles. The fraction of sp³-hybridized carbons (Fsp3) is 0.842. The van der Waals surface area contributed by atoms with Gasteiger partial charge in [-0.3, -0.25) is 0 Å². The van der Waals surface area contributed by atoms with E-state index >= 15 is 0 Å². The Morgan fingerprint density at radius 1 is 0.786 bits per heavy atom. The molecule has 2 aliphatic carbocycles. The minimum atomic E-state index is -0.0826. The second-order valence-electron chi connectivity index (χ2n) is 8.41. The summed E-state index contributed by atoms with van der Waals surface area (Å²) in [4.78, 5) is 13.0. The van der Waals surface area contributed by atoms with Crippen molar-refractivity contribution in [3.05, 3.63) is 0 Å². The van der Waals surface area contributed by atoms with Crippen LogP contribution in [0.3, 0.4) is 0 Å². The Morgan fingerprint density at radius 3 is 1.46 bits per heavy atom. The van der Waals surface area contributed by atoms with E-state index < -0.39 is 0 Å². The molecule has 7 nitrogen and oxygen atoms in total. The predicted molar refractivity (Wildman–Crippen MR) is 111 cm³/mol. The quantitative estimate of drug-likeness (QED) is 0.360. The molecule has 1 heterocycles. The Labute approximate surface area is 177 Å². The molecule has 2 saturated carbocycles. The number of quaternary nitrogens is 2. The molecule has 1 aliphatic heterocycles. The molecule has 154 valence electrons. The third-order valence-electron chi connectivity index (χ3n) is 6.41. The van der Waals surface area contributed by atoms with Gasteiger partial charge in [0.25, 0.3) is 0 Å². The molecule has 2 amide bonds. The fourth-order valence-electron chi connectivity index (χ4n) is 4.54. The molecule has 0 bridgehead atoms. The highest BCUT2D eigenvalue weighted by atomic mass is 32.2. The van der Waals surface area contributed by atoms with Gasteiger partial charge in [0.15, 0.2) is 0 Å². The maximum Gasteiger partial charge on any atom is 0.348 e. The lowest BCUT2D eigenvalue weighted by molar-refractivity contribution is -0.737. The van der Waals surface area contributed by atoms with Gasteiger partial charge in [-0.2, -0.15) is 0 Å². The van der Waals surface area contributed by atoms with E-state index in [1.807, 2.05) is 14.1 Å². The molecule has 0 radical (unpaired) electrons. The summed E-state index contributed by atoms with van der Waals surface area (Å²) in [5.41, 5.74) is 0. The molecule has 0 N–H and O–H groups in total. The van der Waals surface area contributed by atoms with Gasteiger partial charge in [0, 0.05) is 25.7 Å². The molecule has 2 unspecified atom stereocenters. The summed E-state index contributed by atoms with van der Waals surface area (Å²) < 4.78 is 3.84. The second kappa shape index (κ2) is 9.13. The molecule has 2 atom stereocenters. The van der Waals surface area contributed by atoms with Gasteiger partial charge >= 0.3 is 18.4 Å². The van der Waals surface area contributed by atoms with Crippen molar-refractivity contribution in [3.63, 3.8) is 0 Å². The van der Waals surface area contributed by atoms with Crippen molar-refractivity contribution in [2.24, 2.45) is 0 Å². The van der Waals surface area contributed by atoms with Gasteiger partial charge in [-0.05, 0) is 25.7 Å². The molecule has 0 aromatic rings. The lowest BCUT2D eigenvalue weighted by Crippen LogP contribution is -2.48. The average Bonchev–Trinajstić information content (AvgIpc) is 3.08. The minimum absolute atomic E-state index is 0.0826. The zero-order valence-corrected chi connectivity index (χ0v) is 18.7. The summed E-state index contributed by atoms with van der Waals surface area (Å²) >= 11 is 2.72. The summed E-state index contributed by atoms with van der Waals surface area (Å²) in [7, 11) is 3.86. The summed E-state index contributed by atoms with van der Waals surface area (Å²) in [5.74, 6) is 0. The molecule has 28 heavy (non-hydrogen) atoms. The standard InChI is InChI=1S/C19H32N6OS2/c1-24(15-20,17-9-5-3-6-10-17)27-22-13-14-23(19(22)26)28-25(2,16-21)18-11-7-4-8-12-18/h17-18H,3-14H2,1-2H3/q+2. The third kappa shape index (κ3) is 4.54. The van der Waals surface area contributed by atoms with Crippen LogP contribution in [0.4, 0.5) is 4.79 Å². The number of hydrogen-bond acceptors (Lipinski definition) is 5. The maximum absolute atomic E-state index is 13.0. The van der Waals surface area contributed by atoms with Crippen molar-refractivity contribution < 1.29 is 12.6 Å². The Balaban J connectivity index is 1.63. The molecular weight excluding hydrogens is 392 g/mol. The zero-order valence-electron chi connectivity index (χ0n) is 17.0. The number of nitriles is 2. The van der Waals surface area contributed by atoms with Crippen molar-refractivity contribution in [1.29, 1.82) is 10.5 Å². The van der Waals surface area contributed by atoms with Crippen molar-refractivity contribution in [3.8, 4) is 12.4 Å². The number of urea groups is 1. The number of carbonyl (C=O) groups excluding carboxylic acids is 1. The van der Waals surface area contributed by atoms with Gasteiger partial charge in [0.05, 0.1) is 27.2 Å². The molecule has 3 fully saturated rings. The highest BCUT2D eigenvalue weighted by Gasteiger charge is 2.47. The molecule has 3 rings (SSSR count).